The first-order valence-electron chi connectivity index (χ1n) is 10.9. The number of unbranched alkanes of at least 4 members (excludes halogenated alkanes) is 8. The number of aliphatic carboxylic acids is 5. The summed E-state index contributed by atoms with van der Waals surface area (Å²) in [5.74, 6) is -13.8. The van der Waals surface area contributed by atoms with E-state index in [-0.39, 0.29) is 12.8 Å². The molecule has 0 heterocycles. The Kier molecular flexibility index (Phi) is 15.2. The summed E-state index contributed by atoms with van der Waals surface area (Å²) in [5, 5.41) is 45.2. The minimum Gasteiger partial charge on any atom is -0.481 e. The lowest BCUT2D eigenvalue weighted by Crippen LogP contribution is -2.42. The zero-order valence-electron chi connectivity index (χ0n) is 18.1. The molecule has 0 aliphatic rings. The molecule has 0 aliphatic heterocycles. The first-order chi connectivity index (χ1) is 15.1. The molecular weight excluding hydrogens is 424 g/mol. The van der Waals surface area contributed by atoms with Crippen LogP contribution in [0.15, 0.2) is 12.2 Å². The number of allylic oxidation sites excluding steroid dienone is 2. The van der Waals surface area contributed by atoms with E-state index in [1.165, 1.54) is 0 Å². The highest BCUT2D eigenvalue weighted by Gasteiger charge is 2.46. The third kappa shape index (κ3) is 12.7. The van der Waals surface area contributed by atoms with E-state index in [1.807, 2.05) is 12.2 Å². The Morgan fingerprint density at radius 3 is 1.47 bits per heavy atom. The fraction of sp³-hybridized carbons (Fsp3) is 0.682. The van der Waals surface area contributed by atoms with E-state index in [1.54, 1.807) is 0 Å². The van der Waals surface area contributed by atoms with Crippen LogP contribution in [0.25, 0.3) is 0 Å². The van der Waals surface area contributed by atoms with Crippen molar-refractivity contribution in [3.05, 3.63) is 12.2 Å². The van der Waals surface area contributed by atoms with Gasteiger partial charge in [0.25, 0.3) is 0 Å². The molecule has 0 aromatic heterocycles. The highest BCUT2D eigenvalue weighted by molar-refractivity contribution is 5.98. The van der Waals surface area contributed by atoms with Crippen LogP contribution in [0.5, 0.6) is 0 Å². The smallest absolute Gasteiger partial charge is 0.318 e. The van der Waals surface area contributed by atoms with E-state index in [2.05, 4.69) is 0 Å². The summed E-state index contributed by atoms with van der Waals surface area (Å²) in [4.78, 5) is 55.6. The lowest BCUT2D eigenvalue weighted by molar-refractivity contribution is -0.169. The third-order valence-electron chi connectivity index (χ3n) is 5.24. The number of carboxylic acid groups (broad SMARTS) is 5. The molecule has 10 nitrogen and oxygen atoms in total. The first kappa shape index (κ1) is 29.1. The molecule has 0 radical (unpaired) electrons. The van der Waals surface area contributed by atoms with Crippen molar-refractivity contribution < 1.29 is 49.5 Å². The molecule has 2 unspecified atom stereocenters. The molecule has 0 fully saturated rings. The SMILES string of the molecule is O=C(O)CCCCCCCCC=CCCCCC(C(=O)O)C(C(=O)O)C(C(=O)O)C(=O)O. The van der Waals surface area contributed by atoms with Gasteiger partial charge in [-0.15, -0.1) is 0 Å². The predicted molar refractivity (Wildman–Crippen MR) is 113 cm³/mol. The fourth-order valence-corrected chi connectivity index (χ4v) is 3.52. The molecule has 0 bridgehead atoms. The average Bonchev–Trinajstić information content (AvgIpc) is 2.68. The molecule has 0 saturated carbocycles. The minimum atomic E-state index is -2.33. The van der Waals surface area contributed by atoms with Crippen LogP contribution < -0.4 is 0 Å². The van der Waals surface area contributed by atoms with Gasteiger partial charge >= 0.3 is 29.8 Å². The summed E-state index contributed by atoms with van der Waals surface area (Å²) >= 11 is 0. The van der Waals surface area contributed by atoms with Crippen molar-refractivity contribution in [2.75, 3.05) is 0 Å². The summed E-state index contributed by atoms with van der Waals surface area (Å²) in [7, 11) is 0. The molecule has 182 valence electrons. The van der Waals surface area contributed by atoms with Crippen molar-refractivity contribution in [3.63, 3.8) is 0 Å². The molecule has 0 aromatic carbocycles. The van der Waals surface area contributed by atoms with Gasteiger partial charge in [-0.05, 0) is 38.5 Å². The van der Waals surface area contributed by atoms with Crippen molar-refractivity contribution in [1.82, 2.24) is 0 Å². The largest absolute Gasteiger partial charge is 0.481 e. The molecule has 10 heteroatoms. The standard InChI is InChI=1S/C22H34O10/c23-16(24)14-12-10-8-6-4-2-1-3-5-7-9-11-13-15(19(25)26)17(20(27)28)18(21(29)30)22(31)32/h3,5,15,17-18H,1-2,4,6-14H2,(H,23,24)(H,25,26)(H,27,28)(H,29,30)(H,31,32). The van der Waals surface area contributed by atoms with Gasteiger partial charge in [0.2, 0.25) is 0 Å². The maximum absolute atomic E-state index is 11.5. The number of hydrogen-bond acceptors (Lipinski definition) is 5. The van der Waals surface area contributed by atoms with Crippen LogP contribution in [0.4, 0.5) is 0 Å². The first-order valence-corrected chi connectivity index (χ1v) is 10.9. The molecule has 32 heavy (non-hydrogen) atoms. The highest BCUT2D eigenvalue weighted by atomic mass is 16.4. The second-order valence-electron chi connectivity index (χ2n) is 7.77. The zero-order valence-corrected chi connectivity index (χ0v) is 18.1. The van der Waals surface area contributed by atoms with Crippen LogP contribution in [0.1, 0.15) is 77.0 Å². The average molecular weight is 459 g/mol. The number of hydrogen-bond donors (Lipinski definition) is 5. The third-order valence-corrected chi connectivity index (χ3v) is 5.24. The Morgan fingerprint density at radius 1 is 0.562 bits per heavy atom. The lowest BCUT2D eigenvalue weighted by Gasteiger charge is -2.23. The summed E-state index contributed by atoms with van der Waals surface area (Å²) in [6.07, 6.45) is 12.3. The maximum Gasteiger partial charge on any atom is 0.318 e. The Bertz CT molecular complexity index is 641. The quantitative estimate of drug-likeness (QED) is 0.103. The maximum atomic E-state index is 11.5. The zero-order chi connectivity index (χ0) is 24.5. The lowest BCUT2D eigenvalue weighted by atomic mass is 9.78. The molecule has 0 aromatic rings. The van der Waals surface area contributed by atoms with Gasteiger partial charge in [-0.1, -0.05) is 44.3 Å². The monoisotopic (exact) mass is 458 g/mol. The van der Waals surface area contributed by atoms with Crippen molar-refractivity contribution in [2.24, 2.45) is 17.8 Å². The van der Waals surface area contributed by atoms with Gasteiger partial charge in [-0.25, -0.2) is 0 Å². The van der Waals surface area contributed by atoms with Gasteiger partial charge < -0.3 is 25.5 Å². The molecule has 0 saturated heterocycles. The highest BCUT2D eigenvalue weighted by Crippen LogP contribution is 2.28. The van der Waals surface area contributed by atoms with Crippen LogP contribution in [0.2, 0.25) is 0 Å². The van der Waals surface area contributed by atoms with Crippen molar-refractivity contribution in [3.8, 4) is 0 Å². The van der Waals surface area contributed by atoms with Gasteiger partial charge in [-0.3, -0.25) is 24.0 Å². The number of rotatable bonds is 20. The van der Waals surface area contributed by atoms with Crippen LogP contribution in [-0.4, -0.2) is 55.4 Å². The summed E-state index contributed by atoms with van der Waals surface area (Å²) in [5.41, 5.74) is 0. The summed E-state index contributed by atoms with van der Waals surface area (Å²) in [6.45, 7) is 0. The number of carboxylic acids is 5. The van der Waals surface area contributed by atoms with Gasteiger partial charge in [0, 0.05) is 6.42 Å². The Hall–Kier alpha value is -2.91. The summed E-state index contributed by atoms with van der Waals surface area (Å²) in [6, 6.07) is 0. The molecule has 0 aliphatic carbocycles. The van der Waals surface area contributed by atoms with E-state index < -0.39 is 47.6 Å². The van der Waals surface area contributed by atoms with Gasteiger partial charge in [0.15, 0.2) is 5.92 Å². The summed E-state index contributed by atoms with van der Waals surface area (Å²) < 4.78 is 0. The van der Waals surface area contributed by atoms with E-state index >= 15 is 0 Å². The van der Waals surface area contributed by atoms with E-state index in [9.17, 15) is 34.2 Å². The van der Waals surface area contributed by atoms with Crippen molar-refractivity contribution >= 4 is 29.8 Å². The van der Waals surface area contributed by atoms with Gasteiger partial charge in [-0.2, -0.15) is 0 Å². The Balaban J connectivity index is 4.24. The van der Waals surface area contributed by atoms with E-state index in [4.69, 9.17) is 15.3 Å². The predicted octanol–water partition coefficient (Wildman–Crippen LogP) is 3.50. The molecule has 0 rings (SSSR count). The minimum absolute atomic E-state index is 0.126. The van der Waals surface area contributed by atoms with Crippen molar-refractivity contribution in [2.45, 2.75) is 77.0 Å². The van der Waals surface area contributed by atoms with Crippen LogP contribution in [0, 0.1) is 17.8 Å². The van der Waals surface area contributed by atoms with Gasteiger partial charge in [0.05, 0.1) is 11.8 Å². The molecule has 0 spiro atoms. The molecule has 2 atom stereocenters. The van der Waals surface area contributed by atoms with E-state index in [0.29, 0.717) is 25.7 Å². The molecule has 0 amide bonds. The second-order valence-corrected chi connectivity index (χ2v) is 7.77. The Labute approximate surface area is 186 Å². The second kappa shape index (κ2) is 16.7. The van der Waals surface area contributed by atoms with Gasteiger partial charge in [0.1, 0.15) is 0 Å². The normalized spacial score (nSPS) is 13.2. The Morgan fingerprint density at radius 2 is 1.03 bits per heavy atom. The van der Waals surface area contributed by atoms with E-state index in [0.717, 1.165) is 38.5 Å². The van der Waals surface area contributed by atoms with Crippen molar-refractivity contribution in [1.29, 1.82) is 0 Å². The number of carbonyl (C=O) groups is 5. The molecular formula is C22H34O10. The van der Waals surface area contributed by atoms with Crippen LogP contribution in [-0.2, 0) is 24.0 Å². The fourth-order valence-electron chi connectivity index (χ4n) is 3.52. The van der Waals surface area contributed by atoms with Crippen LogP contribution >= 0.6 is 0 Å². The topological polar surface area (TPSA) is 186 Å². The molecule has 5 N–H and O–H groups in total. The van der Waals surface area contributed by atoms with Crippen LogP contribution in [0.3, 0.4) is 0 Å².